The first-order valence-electron chi connectivity index (χ1n) is 4.99. The molecule has 1 aromatic rings. The van der Waals surface area contributed by atoms with Gasteiger partial charge in [-0.1, -0.05) is 12.1 Å². The lowest BCUT2D eigenvalue weighted by molar-refractivity contribution is -0.384. The molecule has 0 bridgehead atoms. The Bertz CT molecular complexity index is 499. The number of nitro benzene ring substituents is 1. The van der Waals surface area contributed by atoms with Crippen molar-refractivity contribution in [3.63, 3.8) is 0 Å². The van der Waals surface area contributed by atoms with E-state index in [9.17, 15) is 19.7 Å². The summed E-state index contributed by atoms with van der Waals surface area (Å²) in [5.74, 6) is -1.72. The topological polar surface area (TPSA) is 101 Å². The molecule has 0 aliphatic rings. The van der Waals surface area contributed by atoms with Crippen molar-refractivity contribution in [2.24, 2.45) is 0 Å². The summed E-state index contributed by atoms with van der Waals surface area (Å²) >= 11 is 0. The molecule has 0 spiro atoms. The molecule has 2 amide bonds. The van der Waals surface area contributed by atoms with Gasteiger partial charge in [0, 0.05) is 24.4 Å². The molecule has 1 aromatic carbocycles. The molecule has 7 heteroatoms. The third kappa shape index (κ3) is 3.71. The summed E-state index contributed by atoms with van der Waals surface area (Å²) in [6.07, 6.45) is 1.43. The van der Waals surface area contributed by atoms with Crippen molar-refractivity contribution in [3.05, 3.63) is 47.0 Å². The summed E-state index contributed by atoms with van der Waals surface area (Å²) in [6, 6.07) is 5.31. The first-order valence-corrected chi connectivity index (χ1v) is 4.99. The van der Waals surface area contributed by atoms with Crippen molar-refractivity contribution >= 4 is 23.2 Å². The van der Waals surface area contributed by atoms with Crippen LogP contribution in [0.1, 0.15) is 0 Å². The molecule has 0 saturated heterocycles. The molecule has 0 aliphatic heterocycles. The molecule has 0 saturated carbocycles. The Hall–Kier alpha value is -2.70. The van der Waals surface area contributed by atoms with Gasteiger partial charge in [0.1, 0.15) is 0 Å². The SMILES string of the molecule is C=CCNC(=O)C(=O)Nc1cccc([N+](=O)[O-])c1. The second-order valence-electron chi connectivity index (χ2n) is 3.26. The predicted molar refractivity (Wildman–Crippen MR) is 64.9 cm³/mol. The van der Waals surface area contributed by atoms with Gasteiger partial charge in [0.05, 0.1) is 4.92 Å². The number of nitro groups is 1. The number of non-ortho nitro benzene ring substituents is 1. The Morgan fingerprint density at radius 3 is 2.72 bits per heavy atom. The first-order chi connectivity index (χ1) is 8.54. The molecule has 0 fully saturated rings. The Labute approximate surface area is 103 Å². The molecule has 0 heterocycles. The number of nitrogens with zero attached hydrogens (tertiary/aromatic N) is 1. The van der Waals surface area contributed by atoms with Gasteiger partial charge in [-0.15, -0.1) is 6.58 Å². The number of rotatable bonds is 4. The van der Waals surface area contributed by atoms with Crippen LogP contribution in [-0.2, 0) is 9.59 Å². The van der Waals surface area contributed by atoms with Gasteiger partial charge in [-0.3, -0.25) is 19.7 Å². The summed E-state index contributed by atoms with van der Waals surface area (Å²) in [4.78, 5) is 32.5. The number of carbonyl (C=O) groups excluding carboxylic acids is 2. The van der Waals surface area contributed by atoms with Crippen LogP contribution in [0.5, 0.6) is 0 Å². The van der Waals surface area contributed by atoms with Gasteiger partial charge >= 0.3 is 11.8 Å². The summed E-state index contributed by atoms with van der Waals surface area (Å²) in [7, 11) is 0. The van der Waals surface area contributed by atoms with E-state index >= 15 is 0 Å². The van der Waals surface area contributed by atoms with Crippen LogP contribution in [0.3, 0.4) is 0 Å². The zero-order valence-corrected chi connectivity index (χ0v) is 9.38. The lowest BCUT2D eigenvalue weighted by Gasteiger charge is -2.04. The number of amides is 2. The monoisotopic (exact) mass is 249 g/mol. The fourth-order valence-corrected chi connectivity index (χ4v) is 1.13. The highest BCUT2D eigenvalue weighted by Crippen LogP contribution is 2.16. The largest absolute Gasteiger partial charge is 0.344 e. The van der Waals surface area contributed by atoms with Gasteiger partial charge in [-0.2, -0.15) is 0 Å². The van der Waals surface area contributed by atoms with Gasteiger partial charge in [-0.05, 0) is 6.07 Å². The van der Waals surface area contributed by atoms with E-state index in [1.165, 1.54) is 30.3 Å². The minimum absolute atomic E-state index is 0.167. The lowest BCUT2D eigenvalue weighted by Crippen LogP contribution is -2.35. The molecule has 2 N–H and O–H groups in total. The van der Waals surface area contributed by atoms with E-state index in [1.54, 1.807) is 0 Å². The van der Waals surface area contributed by atoms with E-state index < -0.39 is 16.7 Å². The quantitative estimate of drug-likeness (QED) is 0.357. The highest BCUT2D eigenvalue weighted by molar-refractivity contribution is 6.39. The molecule has 0 aliphatic carbocycles. The van der Waals surface area contributed by atoms with E-state index in [-0.39, 0.29) is 17.9 Å². The highest BCUT2D eigenvalue weighted by Gasteiger charge is 2.14. The van der Waals surface area contributed by atoms with Crippen LogP contribution >= 0.6 is 0 Å². The standard InChI is InChI=1S/C11H11N3O4/c1-2-6-12-10(15)11(16)13-8-4-3-5-9(7-8)14(17)18/h2-5,7H,1,6H2,(H,12,15)(H,13,16). The molecule has 0 unspecified atom stereocenters. The average Bonchev–Trinajstić information content (AvgIpc) is 2.36. The van der Waals surface area contributed by atoms with Gasteiger partial charge in [-0.25, -0.2) is 0 Å². The predicted octanol–water partition coefficient (Wildman–Crippen LogP) is 0.835. The third-order valence-electron chi connectivity index (χ3n) is 1.93. The third-order valence-corrected chi connectivity index (χ3v) is 1.93. The van der Waals surface area contributed by atoms with Gasteiger partial charge in [0.15, 0.2) is 0 Å². The van der Waals surface area contributed by atoms with E-state index in [2.05, 4.69) is 17.2 Å². The smallest absolute Gasteiger partial charge is 0.313 e. The zero-order valence-electron chi connectivity index (χ0n) is 9.38. The fraction of sp³-hybridized carbons (Fsp3) is 0.0909. The molecule has 0 aromatic heterocycles. The van der Waals surface area contributed by atoms with Crippen LogP contribution in [0.4, 0.5) is 11.4 Å². The molecular formula is C11H11N3O4. The van der Waals surface area contributed by atoms with Crippen molar-refractivity contribution in [3.8, 4) is 0 Å². The second kappa shape index (κ2) is 6.14. The maximum absolute atomic E-state index is 11.4. The molecule has 18 heavy (non-hydrogen) atoms. The van der Waals surface area contributed by atoms with Gasteiger partial charge in [0.2, 0.25) is 0 Å². The minimum Gasteiger partial charge on any atom is -0.344 e. The first kappa shape index (κ1) is 13.4. The molecule has 0 radical (unpaired) electrons. The van der Waals surface area contributed by atoms with E-state index in [0.29, 0.717) is 0 Å². The maximum Gasteiger partial charge on any atom is 0.313 e. The molecule has 94 valence electrons. The average molecular weight is 249 g/mol. The Morgan fingerprint density at radius 2 is 2.11 bits per heavy atom. The summed E-state index contributed by atoms with van der Waals surface area (Å²) in [6.45, 7) is 3.55. The van der Waals surface area contributed by atoms with Crippen molar-refractivity contribution in [1.82, 2.24) is 5.32 Å². The summed E-state index contributed by atoms with van der Waals surface area (Å²) < 4.78 is 0. The number of benzene rings is 1. The second-order valence-corrected chi connectivity index (χ2v) is 3.26. The number of carbonyl (C=O) groups is 2. The molecular weight excluding hydrogens is 238 g/mol. The van der Waals surface area contributed by atoms with E-state index in [4.69, 9.17) is 0 Å². The molecule has 1 rings (SSSR count). The number of nitrogens with one attached hydrogen (secondary N) is 2. The molecule has 7 nitrogen and oxygen atoms in total. The van der Waals surface area contributed by atoms with Gasteiger partial charge < -0.3 is 10.6 Å². The van der Waals surface area contributed by atoms with Crippen molar-refractivity contribution < 1.29 is 14.5 Å². The van der Waals surface area contributed by atoms with Gasteiger partial charge in [0.25, 0.3) is 5.69 Å². The maximum atomic E-state index is 11.4. The van der Waals surface area contributed by atoms with Crippen LogP contribution in [0.2, 0.25) is 0 Å². The van der Waals surface area contributed by atoms with Crippen LogP contribution < -0.4 is 10.6 Å². The zero-order chi connectivity index (χ0) is 13.5. The van der Waals surface area contributed by atoms with Crippen LogP contribution in [0.15, 0.2) is 36.9 Å². The van der Waals surface area contributed by atoms with E-state index in [0.717, 1.165) is 0 Å². The Kier molecular flexibility index (Phi) is 4.56. The van der Waals surface area contributed by atoms with Crippen LogP contribution in [0, 0.1) is 10.1 Å². The molecule has 0 atom stereocenters. The fourth-order valence-electron chi connectivity index (χ4n) is 1.13. The number of hydrogen-bond donors (Lipinski definition) is 2. The minimum atomic E-state index is -0.891. The van der Waals surface area contributed by atoms with Crippen LogP contribution in [-0.4, -0.2) is 23.3 Å². The Morgan fingerprint density at radius 1 is 1.39 bits per heavy atom. The number of hydrogen-bond acceptors (Lipinski definition) is 4. The highest BCUT2D eigenvalue weighted by atomic mass is 16.6. The van der Waals surface area contributed by atoms with Crippen molar-refractivity contribution in [2.45, 2.75) is 0 Å². The van der Waals surface area contributed by atoms with Crippen molar-refractivity contribution in [2.75, 3.05) is 11.9 Å². The van der Waals surface area contributed by atoms with E-state index in [1.807, 2.05) is 0 Å². The number of anilines is 1. The lowest BCUT2D eigenvalue weighted by atomic mass is 10.3. The van der Waals surface area contributed by atoms with Crippen molar-refractivity contribution in [1.29, 1.82) is 0 Å². The summed E-state index contributed by atoms with van der Waals surface area (Å²) in [5, 5.41) is 15.1. The summed E-state index contributed by atoms with van der Waals surface area (Å²) in [5.41, 5.74) is 0.0160. The van der Waals surface area contributed by atoms with Crippen LogP contribution in [0.25, 0.3) is 0 Å². The Balaban J connectivity index is 2.69. The normalized spacial score (nSPS) is 9.33.